The van der Waals surface area contributed by atoms with Crippen molar-refractivity contribution in [1.29, 1.82) is 0 Å². The van der Waals surface area contributed by atoms with Crippen LogP contribution in [-0.2, 0) is 16.2 Å². The van der Waals surface area contributed by atoms with Gasteiger partial charge in [0, 0.05) is 12.6 Å². The van der Waals surface area contributed by atoms with E-state index < -0.39 is 11.8 Å². The predicted molar refractivity (Wildman–Crippen MR) is 97.0 cm³/mol. The minimum Gasteiger partial charge on any atom is -0.488 e. The van der Waals surface area contributed by atoms with E-state index in [-0.39, 0.29) is 6.61 Å². The molecule has 2 N–H and O–H groups in total. The van der Waals surface area contributed by atoms with Gasteiger partial charge in [0.25, 0.3) is 0 Å². The van der Waals surface area contributed by atoms with E-state index in [2.05, 4.69) is 15.8 Å². The molecule has 0 aliphatic rings. The highest BCUT2D eigenvalue weighted by Gasteiger charge is 2.09. The van der Waals surface area contributed by atoms with Crippen molar-refractivity contribution in [3.63, 3.8) is 0 Å². The van der Waals surface area contributed by atoms with Gasteiger partial charge in [-0.15, -0.1) is 0 Å². The maximum absolute atomic E-state index is 11.3. The standard InChI is InChI=1S/C17H15Cl2N3O3/c1-20-16(23)17(24)22-21-9-12-4-2-3-5-15(12)25-10-11-6-7-13(18)14(19)8-11/h2-9H,10H2,1H3,(H,20,23)(H,22,24)/b21-9-. The number of hydrogen-bond acceptors (Lipinski definition) is 4. The summed E-state index contributed by atoms with van der Waals surface area (Å²) in [5.41, 5.74) is 3.62. The topological polar surface area (TPSA) is 79.8 Å². The zero-order chi connectivity index (χ0) is 18.2. The molecule has 0 radical (unpaired) electrons. The molecule has 0 saturated heterocycles. The molecule has 6 nitrogen and oxygen atoms in total. The van der Waals surface area contributed by atoms with Crippen molar-refractivity contribution in [2.75, 3.05) is 7.05 Å². The van der Waals surface area contributed by atoms with Crippen LogP contribution in [0.15, 0.2) is 47.6 Å². The Kier molecular flexibility index (Phi) is 6.80. The molecule has 8 heteroatoms. The van der Waals surface area contributed by atoms with E-state index in [9.17, 15) is 9.59 Å². The van der Waals surface area contributed by atoms with Gasteiger partial charge in [-0.2, -0.15) is 5.10 Å². The molecule has 0 fully saturated rings. The molecule has 2 aromatic carbocycles. The van der Waals surface area contributed by atoms with E-state index in [4.69, 9.17) is 27.9 Å². The highest BCUT2D eigenvalue weighted by atomic mass is 35.5. The van der Waals surface area contributed by atoms with Crippen LogP contribution >= 0.6 is 23.2 Å². The van der Waals surface area contributed by atoms with Gasteiger partial charge in [-0.3, -0.25) is 9.59 Å². The fraction of sp³-hybridized carbons (Fsp3) is 0.118. The molecule has 2 aromatic rings. The number of hydrogen-bond donors (Lipinski definition) is 2. The van der Waals surface area contributed by atoms with Gasteiger partial charge < -0.3 is 10.1 Å². The summed E-state index contributed by atoms with van der Waals surface area (Å²) >= 11 is 11.9. The summed E-state index contributed by atoms with van der Waals surface area (Å²) in [6.45, 7) is 0.284. The first kappa shape index (κ1) is 18.8. The fourth-order valence-electron chi connectivity index (χ4n) is 1.83. The second kappa shape index (κ2) is 9.05. The summed E-state index contributed by atoms with van der Waals surface area (Å²) in [6.07, 6.45) is 1.39. The van der Waals surface area contributed by atoms with E-state index in [1.165, 1.54) is 13.3 Å². The van der Waals surface area contributed by atoms with E-state index in [1.807, 2.05) is 12.1 Å². The van der Waals surface area contributed by atoms with Crippen molar-refractivity contribution in [2.45, 2.75) is 6.61 Å². The monoisotopic (exact) mass is 379 g/mol. The lowest BCUT2D eigenvalue weighted by atomic mass is 10.2. The first-order valence-corrected chi connectivity index (χ1v) is 7.97. The molecule has 0 heterocycles. The number of halogens is 2. The SMILES string of the molecule is CNC(=O)C(=O)N/N=C\c1ccccc1OCc1ccc(Cl)c(Cl)c1. The second-order valence-corrected chi connectivity index (χ2v) is 5.67. The van der Waals surface area contributed by atoms with E-state index in [1.54, 1.807) is 30.3 Å². The maximum Gasteiger partial charge on any atom is 0.329 e. The van der Waals surface area contributed by atoms with Crippen molar-refractivity contribution in [2.24, 2.45) is 5.10 Å². The summed E-state index contributed by atoms with van der Waals surface area (Å²) < 4.78 is 5.76. The smallest absolute Gasteiger partial charge is 0.329 e. The van der Waals surface area contributed by atoms with Crippen LogP contribution in [0.25, 0.3) is 0 Å². The third kappa shape index (κ3) is 5.48. The van der Waals surface area contributed by atoms with Crippen molar-refractivity contribution < 1.29 is 14.3 Å². The van der Waals surface area contributed by atoms with Gasteiger partial charge >= 0.3 is 11.8 Å². The summed E-state index contributed by atoms with van der Waals surface area (Å²) in [6, 6.07) is 12.4. The number of carbonyl (C=O) groups excluding carboxylic acids is 2. The molecule has 2 amide bonds. The molecular formula is C17H15Cl2N3O3. The number of rotatable bonds is 5. The van der Waals surface area contributed by atoms with Crippen LogP contribution in [-0.4, -0.2) is 25.1 Å². The van der Waals surface area contributed by atoms with Crippen LogP contribution in [0.4, 0.5) is 0 Å². The Hall–Kier alpha value is -2.57. The quantitative estimate of drug-likeness (QED) is 0.476. The van der Waals surface area contributed by atoms with Crippen LogP contribution in [0.5, 0.6) is 5.75 Å². The van der Waals surface area contributed by atoms with Crippen LogP contribution in [0, 0.1) is 0 Å². The number of benzene rings is 2. The summed E-state index contributed by atoms with van der Waals surface area (Å²) in [5, 5.41) is 6.88. The molecule has 0 atom stereocenters. The number of nitrogens with zero attached hydrogens (tertiary/aromatic N) is 1. The van der Waals surface area contributed by atoms with Crippen molar-refractivity contribution in [3.8, 4) is 5.75 Å². The van der Waals surface area contributed by atoms with Crippen molar-refractivity contribution in [1.82, 2.24) is 10.7 Å². The maximum atomic E-state index is 11.3. The third-order valence-corrected chi connectivity index (χ3v) is 3.84. The summed E-state index contributed by atoms with van der Waals surface area (Å²) in [4.78, 5) is 22.4. The number of hydrazone groups is 1. The number of nitrogens with one attached hydrogen (secondary N) is 2. The summed E-state index contributed by atoms with van der Waals surface area (Å²) in [5.74, 6) is -1.07. The number of ether oxygens (including phenoxy) is 1. The molecule has 0 aliphatic heterocycles. The van der Waals surface area contributed by atoms with Crippen molar-refractivity contribution >= 4 is 41.2 Å². The van der Waals surface area contributed by atoms with E-state index in [0.717, 1.165) is 5.56 Å². The first-order valence-electron chi connectivity index (χ1n) is 7.22. The van der Waals surface area contributed by atoms with Gasteiger partial charge in [-0.25, -0.2) is 5.43 Å². The summed E-state index contributed by atoms with van der Waals surface area (Å²) in [7, 11) is 1.36. The number of carbonyl (C=O) groups is 2. The highest BCUT2D eigenvalue weighted by molar-refractivity contribution is 6.42. The largest absolute Gasteiger partial charge is 0.488 e. The zero-order valence-electron chi connectivity index (χ0n) is 13.3. The Bertz CT molecular complexity index is 809. The molecule has 0 unspecified atom stereocenters. The van der Waals surface area contributed by atoms with Gasteiger partial charge in [0.15, 0.2) is 0 Å². The van der Waals surface area contributed by atoms with Crippen LogP contribution in [0.3, 0.4) is 0 Å². The van der Waals surface area contributed by atoms with Crippen LogP contribution in [0.1, 0.15) is 11.1 Å². The lowest BCUT2D eigenvalue weighted by Gasteiger charge is -2.09. The number of para-hydroxylation sites is 1. The van der Waals surface area contributed by atoms with Crippen molar-refractivity contribution in [3.05, 3.63) is 63.6 Å². The fourth-order valence-corrected chi connectivity index (χ4v) is 2.15. The van der Waals surface area contributed by atoms with Gasteiger partial charge in [0.1, 0.15) is 12.4 Å². The Morgan fingerprint density at radius 2 is 1.88 bits per heavy atom. The van der Waals surface area contributed by atoms with E-state index >= 15 is 0 Å². The lowest BCUT2D eigenvalue weighted by molar-refractivity contribution is -0.138. The molecular weight excluding hydrogens is 365 g/mol. The molecule has 0 bridgehead atoms. The Labute approximate surface area is 154 Å². The Morgan fingerprint density at radius 1 is 1.12 bits per heavy atom. The third-order valence-electron chi connectivity index (χ3n) is 3.10. The van der Waals surface area contributed by atoms with Crippen LogP contribution in [0.2, 0.25) is 10.0 Å². The molecule has 0 aliphatic carbocycles. The number of likely N-dealkylation sites (N-methyl/N-ethyl adjacent to an activating group) is 1. The molecule has 0 spiro atoms. The molecule has 25 heavy (non-hydrogen) atoms. The molecule has 2 rings (SSSR count). The average Bonchev–Trinajstić information content (AvgIpc) is 2.62. The van der Waals surface area contributed by atoms with Gasteiger partial charge in [-0.05, 0) is 29.8 Å². The highest BCUT2D eigenvalue weighted by Crippen LogP contribution is 2.24. The van der Waals surface area contributed by atoms with E-state index in [0.29, 0.717) is 21.4 Å². The minimum atomic E-state index is -0.854. The molecule has 0 aromatic heterocycles. The molecule has 0 saturated carbocycles. The Balaban J connectivity index is 2.03. The average molecular weight is 380 g/mol. The van der Waals surface area contributed by atoms with Crippen LogP contribution < -0.4 is 15.5 Å². The lowest BCUT2D eigenvalue weighted by Crippen LogP contribution is -2.35. The van der Waals surface area contributed by atoms with Gasteiger partial charge in [0.05, 0.1) is 16.3 Å². The minimum absolute atomic E-state index is 0.284. The first-order chi connectivity index (χ1) is 12.0. The molecule has 130 valence electrons. The van der Waals surface area contributed by atoms with Gasteiger partial charge in [-0.1, -0.05) is 41.4 Å². The zero-order valence-corrected chi connectivity index (χ0v) is 14.8. The number of amides is 2. The normalized spacial score (nSPS) is 10.5. The predicted octanol–water partition coefficient (Wildman–Crippen LogP) is 2.77. The van der Waals surface area contributed by atoms with Gasteiger partial charge in [0.2, 0.25) is 0 Å². The Morgan fingerprint density at radius 3 is 2.60 bits per heavy atom. The second-order valence-electron chi connectivity index (χ2n) is 4.85.